The van der Waals surface area contributed by atoms with Crippen LogP contribution in [0, 0.1) is 5.92 Å². The van der Waals surface area contributed by atoms with Gasteiger partial charge in [-0.05, 0) is 6.42 Å². The van der Waals surface area contributed by atoms with E-state index in [1.807, 2.05) is 6.92 Å². The van der Waals surface area contributed by atoms with Crippen molar-refractivity contribution in [3.05, 3.63) is 11.9 Å². The van der Waals surface area contributed by atoms with Crippen LogP contribution in [0.1, 0.15) is 38.3 Å². The maximum absolute atomic E-state index is 13.5. The number of unbranched alkanes of at least 4 members (excludes halogenated alkanes) is 2. The van der Waals surface area contributed by atoms with E-state index in [4.69, 9.17) is 10.9 Å². The van der Waals surface area contributed by atoms with Crippen LogP contribution in [0.15, 0.2) is 6.20 Å². The van der Waals surface area contributed by atoms with Crippen LogP contribution in [0.3, 0.4) is 0 Å². The lowest BCUT2D eigenvalue weighted by atomic mass is 10.00. The Hall–Kier alpha value is -2.51. The minimum absolute atomic E-state index is 0.0887. The number of amides is 2. The van der Waals surface area contributed by atoms with Gasteiger partial charge in [-0.15, -0.1) is 0 Å². The Morgan fingerprint density at radius 2 is 2.03 bits per heavy atom. The molecular weight excluding hydrogens is 409 g/mol. The van der Waals surface area contributed by atoms with E-state index in [9.17, 15) is 28.0 Å². The summed E-state index contributed by atoms with van der Waals surface area (Å²) in [7, 11) is 1.33. The topological polar surface area (TPSA) is 136 Å². The summed E-state index contributed by atoms with van der Waals surface area (Å²) in [5.74, 6) is 3.24. The molecule has 0 spiro atoms. The number of nitrogens with zero attached hydrogens (tertiary/aromatic N) is 5. The van der Waals surface area contributed by atoms with Crippen molar-refractivity contribution in [3.63, 3.8) is 0 Å². The lowest BCUT2D eigenvalue weighted by molar-refractivity contribution is -0.154. The van der Waals surface area contributed by atoms with Gasteiger partial charge in [-0.2, -0.15) is 13.2 Å². The Morgan fingerprint density at radius 3 is 2.57 bits per heavy atom. The van der Waals surface area contributed by atoms with Crippen molar-refractivity contribution in [1.29, 1.82) is 0 Å². The Kier molecular flexibility index (Phi) is 9.89. The van der Waals surface area contributed by atoms with Crippen molar-refractivity contribution in [3.8, 4) is 0 Å². The lowest BCUT2D eigenvalue weighted by Crippen LogP contribution is -2.46. The highest BCUT2D eigenvalue weighted by molar-refractivity contribution is 5.92. The molecule has 0 saturated carbocycles. The fraction of sp³-hybridized carbons (Fsp3) is 0.647. The smallest absolute Gasteiger partial charge is 0.395 e. The van der Waals surface area contributed by atoms with Gasteiger partial charge < -0.3 is 10.0 Å². The fourth-order valence-corrected chi connectivity index (χ4v) is 2.74. The van der Waals surface area contributed by atoms with E-state index in [0.29, 0.717) is 11.4 Å². The van der Waals surface area contributed by atoms with E-state index in [-0.39, 0.29) is 43.3 Å². The summed E-state index contributed by atoms with van der Waals surface area (Å²) in [5.41, 5.74) is -1.70. The van der Waals surface area contributed by atoms with Crippen molar-refractivity contribution in [2.24, 2.45) is 11.8 Å². The second-order valence-corrected chi connectivity index (χ2v) is 6.68. The number of alkyl halides is 3. The highest BCUT2D eigenvalue weighted by Gasteiger charge is 2.38. The van der Waals surface area contributed by atoms with Gasteiger partial charge in [-0.1, -0.05) is 26.2 Å². The van der Waals surface area contributed by atoms with Crippen molar-refractivity contribution >= 4 is 24.0 Å². The summed E-state index contributed by atoms with van der Waals surface area (Å²) >= 11 is 0. The maximum Gasteiger partial charge on any atom is 0.435 e. The summed E-state index contributed by atoms with van der Waals surface area (Å²) in [5, 5.41) is 19.1. The minimum Gasteiger partial charge on any atom is -0.395 e. The number of rotatable bonds is 12. The van der Waals surface area contributed by atoms with Crippen LogP contribution in [-0.2, 0) is 15.8 Å². The van der Waals surface area contributed by atoms with Crippen LogP contribution >= 0.6 is 0 Å². The molecule has 13 heteroatoms. The fourth-order valence-electron chi connectivity index (χ4n) is 2.74. The number of aliphatic hydroxyl groups excluding tert-OH is 1. The summed E-state index contributed by atoms with van der Waals surface area (Å²) in [6.07, 6.45) is -1.40. The molecule has 0 aromatic carbocycles. The van der Waals surface area contributed by atoms with Gasteiger partial charge in [-0.3, -0.25) is 14.8 Å². The first kappa shape index (κ1) is 25.5. The van der Waals surface area contributed by atoms with Crippen LogP contribution in [0.5, 0.6) is 0 Å². The normalized spacial score (nSPS) is 12.4. The number of aliphatic hydroxyl groups is 1. The molecule has 0 fully saturated rings. The lowest BCUT2D eigenvalue weighted by Gasteiger charge is -2.25. The number of hydroxylamine groups is 2. The van der Waals surface area contributed by atoms with Gasteiger partial charge in [0, 0.05) is 13.6 Å². The molecular formula is C17H27F3N6O4. The van der Waals surface area contributed by atoms with Gasteiger partial charge >= 0.3 is 6.18 Å². The molecule has 0 bridgehead atoms. The third-order valence-electron chi connectivity index (χ3n) is 4.36. The first-order valence-corrected chi connectivity index (χ1v) is 9.32. The third-order valence-corrected chi connectivity index (χ3v) is 4.36. The number of hydrazine groups is 1. The van der Waals surface area contributed by atoms with Gasteiger partial charge in [0.15, 0.2) is 5.69 Å². The van der Waals surface area contributed by atoms with Crippen LogP contribution in [0.4, 0.5) is 24.8 Å². The average molecular weight is 436 g/mol. The first-order chi connectivity index (χ1) is 14.1. The maximum atomic E-state index is 13.5. The zero-order valence-electron chi connectivity index (χ0n) is 16.8. The number of hydrogen-bond donors (Lipinski definition) is 3. The predicted octanol–water partition coefficient (Wildman–Crippen LogP) is 1.17. The van der Waals surface area contributed by atoms with E-state index in [1.54, 1.807) is 0 Å². The number of carbonyl (C=O) groups excluding carboxylic acids is 2. The molecule has 170 valence electrons. The standard InChI is InChI=1S/C17H27F3N6O4/c1-3-4-5-6-12(10-25(30)11-28)15(29)26(21)16-22-9-13(24(2)7-8-27)14(23-16)17(18,19)20/h9,11-12,27,30H,3-8,10,21H2,1-2H3. The van der Waals surface area contributed by atoms with E-state index in [1.165, 1.54) is 7.05 Å². The monoisotopic (exact) mass is 436 g/mol. The predicted molar refractivity (Wildman–Crippen MR) is 101 cm³/mol. The summed E-state index contributed by atoms with van der Waals surface area (Å²) < 4.78 is 40.4. The van der Waals surface area contributed by atoms with Gasteiger partial charge in [0.25, 0.3) is 0 Å². The van der Waals surface area contributed by atoms with Crippen molar-refractivity contribution in [1.82, 2.24) is 15.0 Å². The molecule has 1 unspecified atom stereocenters. The minimum atomic E-state index is -4.86. The highest BCUT2D eigenvalue weighted by Crippen LogP contribution is 2.35. The highest BCUT2D eigenvalue weighted by atomic mass is 19.4. The van der Waals surface area contributed by atoms with Crippen LogP contribution in [-0.4, -0.2) is 64.4 Å². The quantitative estimate of drug-likeness (QED) is 0.111. The van der Waals surface area contributed by atoms with E-state index in [2.05, 4.69) is 9.97 Å². The van der Waals surface area contributed by atoms with Gasteiger partial charge in [-0.25, -0.2) is 25.9 Å². The summed E-state index contributed by atoms with van der Waals surface area (Å²) in [4.78, 5) is 31.7. The zero-order valence-corrected chi connectivity index (χ0v) is 16.8. The Bertz CT molecular complexity index is 707. The molecule has 10 nitrogen and oxygen atoms in total. The van der Waals surface area contributed by atoms with Crippen molar-refractivity contribution in [2.75, 3.05) is 36.7 Å². The number of aromatic nitrogens is 2. The largest absolute Gasteiger partial charge is 0.435 e. The Morgan fingerprint density at radius 1 is 1.37 bits per heavy atom. The van der Waals surface area contributed by atoms with Crippen LogP contribution in [0.25, 0.3) is 0 Å². The van der Waals surface area contributed by atoms with Crippen LogP contribution < -0.4 is 15.8 Å². The molecule has 1 rings (SSSR count). The SMILES string of the molecule is CCCCCC(CN(O)C=O)C(=O)N(N)c1ncc(N(C)CCO)c(C(F)(F)F)n1. The van der Waals surface area contributed by atoms with E-state index < -0.39 is 29.6 Å². The molecule has 0 saturated heterocycles. The van der Waals surface area contributed by atoms with E-state index >= 15 is 0 Å². The summed E-state index contributed by atoms with van der Waals surface area (Å²) in [6, 6.07) is 0. The number of carbonyl (C=O) groups is 2. The summed E-state index contributed by atoms with van der Waals surface area (Å²) in [6.45, 7) is 1.10. The molecule has 1 atom stereocenters. The first-order valence-electron chi connectivity index (χ1n) is 9.32. The Labute approximate surface area is 172 Å². The van der Waals surface area contributed by atoms with Gasteiger partial charge in [0.2, 0.25) is 18.3 Å². The molecule has 1 aromatic heterocycles. The average Bonchev–Trinajstić information content (AvgIpc) is 2.71. The van der Waals surface area contributed by atoms with Crippen molar-refractivity contribution in [2.45, 2.75) is 38.8 Å². The molecule has 4 N–H and O–H groups in total. The number of likely N-dealkylation sites (N-methyl/N-ethyl adjacent to an activating group) is 1. The van der Waals surface area contributed by atoms with Gasteiger partial charge in [0.1, 0.15) is 0 Å². The second kappa shape index (κ2) is 11.6. The molecule has 2 amide bonds. The molecule has 0 aliphatic rings. The molecule has 0 aliphatic heterocycles. The zero-order chi connectivity index (χ0) is 22.9. The molecule has 0 aliphatic carbocycles. The van der Waals surface area contributed by atoms with Gasteiger partial charge in [0.05, 0.1) is 31.0 Å². The molecule has 0 radical (unpaired) electrons. The second-order valence-electron chi connectivity index (χ2n) is 6.68. The number of halogens is 3. The van der Waals surface area contributed by atoms with Crippen molar-refractivity contribution < 1.29 is 33.1 Å². The van der Waals surface area contributed by atoms with Crippen LogP contribution in [0.2, 0.25) is 0 Å². The van der Waals surface area contributed by atoms with E-state index in [0.717, 1.165) is 23.9 Å². The number of anilines is 2. The number of hydrogen-bond acceptors (Lipinski definition) is 8. The molecule has 30 heavy (non-hydrogen) atoms. The Balaban J connectivity index is 3.20. The molecule has 1 heterocycles. The number of nitrogens with two attached hydrogens (primary N) is 1. The third kappa shape index (κ3) is 7.07. The molecule has 1 aromatic rings.